The molecule has 0 aromatic rings. The van der Waals surface area contributed by atoms with E-state index in [4.69, 9.17) is 0 Å². The van der Waals surface area contributed by atoms with E-state index in [-0.39, 0.29) is 0 Å². The van der Waals surface area contributed by atoms with E-state index in [0.29, 0.717) is 0 Å². The lowest BCUT2D eigenvalue weighted by Crippen LogP contribution is -2.40. The topological polar surface area (TPSA) is 27.3 Å². The Morgan fingerprint density at radius 1 is 1.27 bits per heavy atom. The van der Waals surface area contributed by atoms with Crippen LogP contribution in [0, 0.1) is 0 Å². The van der Waals surface area contributed by atoms with E-state index >= 15 is 0 Å². The van der Waals surface area contributed by atoms with Crippen LogP contribution >= 0.6 is 0 Å². The zero-order valence-corrected chi connectivity index (χ0v) is 7.98. The second kappa shape index (κ2) is 7.98. The summed E-state index contributed by atoms with van der Waals surface area (Å²) in [6.07, 6.45) is 2.56. The average molecular weight is 159 g/mol. The number of rotatable bonds is 7. The molecule has 2 N–H and O–H groups in total. The van der Waals surface area contributed by atoms with E-state index in [9.17, 15) is 0 Å². The molecule has 11 heavy (non-hydrogen) atoms. The van der Waals surface area contributed by atoms with Crippen LogP contribution in [0.4, 0.5) is 0 Å². The number of hydrazine groups is 1. The van der Waals surface area contributed by atoms with Crippen molar-refractivity contribution in [1.29, 1.82) is 0 Å². The molecule has 0 saturated heterocycles. The number of nitrogens with one attached hydrogen (secondary N) is 2. The Morgan fingerprint density at radius 2 is 2.00 bits per heavy atom. The Hall–Kier alpha value is -0.120. The molecule has 0 aromatic carbocycles. The molecule has 0 amide bonds. The summed E-state index contributed by atoms with van der Waals surface area (Å²) < 4.78 is 0. The fourth-order valence-corrected chi connectivity index (χ4v) is 0.922. The van der Waals surface area contributed by atoms with E-state index in [0.717, 1.165) is 13.2 Å². The van der Waals surface area contributed by atoms with Gasteiger partial charge in [-0.1, -0.05) is 20.3 Å². The van der Waals surface area contributed by atoms with Crippen LogP contribution in [0.2, 0.25) is 0 Å². The van der Waals surface area contributed by atoms with Gasteiger partial charge in [-0.15, -0.1) is 0 Å². The van der Waals surface area contributed by atoms with Crippen LogP contribution < -0.4 is 10.9 Å². The van der Waals surface area contributed by atoms with Crippen molar-refractivity contribution >= 4 is 0 Å². The minimum absolute atomic E-state index is 0.938. The Balaban J connectivity index is 3.25. The molecular formula is C8H21N3. The van der Waals surface area contributed by atoms with E-state index in [1.165, 1.54) is 19.4 Å². The molecule has 0 rings (SSSR count). The fraction of sp³-hybridized carbons (Fsp3) is 1.00. The second-order valence-electron chi connectivity index (χ2n) is 2.65. The van der Waals surface area contributed by atoms with Crippen LogP contribution in [0.25, 0.3) is 0 Å². The summed E-state index contributed by atoms with van der Waals surface area (Å²) >= 11 is 0. The Kier molecular flexibility index (Phi) is 7.89. The number of nitrogens with zero attached hydrogens (tertiary/aromatic N) is 1. The van der Waals surface area contributed by atoms with Gasteiger partial charge < -0.3 is 0 Å². The molecule has 0 fully saturated rings. The van der Waals surface area contributed by atoms with Gasteiger partial charge in [0.05, 0.1) is 6.67 Å². The van der Waals surface area contributed by atoms with Gasteiger partial charge in [-0.3, -0.25) is 10.3 Å². The normalized spacial score (nSPS) is 10.9. The second-order valence-corrected chi connectivity index (χ2v) is 2.65. The van der Waals surface area contributed by atoms with E-state index < -0.39 is 0 Å². The zero-order chi connectivity index (χ0) is 8.53. The van der Waals surface area contributed by atoms with Crippen molar-refractivity contribution in [1.82, 2.24) is 15.8 Å². The number of hydrogen-bond donors (Lipinski definition) is 2. The molecule has 0 radical (unpaired) electrons. The lowest BCUT2D eigenvalue weighted by atomic mass is 10.3. The first-order valence-electron chi connectivity index (χ1n) is 4.47. The molecule has 0 spiro atoms. The molecule has 0 aliphatic heterocycles. The minimum Gasteiger partial charge on any atom is -0.290 e. The first-order valence-corrected chi connectivity index (χ1v) is 4.47. The molecule has 0 aromatic heterocycles. The van der Waals surface area contributed by atoms with Gasteiger partial charge in [0, 0.05) is 0 Å². The summed E-state index contributed by atoms with van der Waals surface area (Å²) in [6, 6.07) is 0. The Labute approximate surface area is 70.1 Å². The van der Waals surface area contributed by atoms with Crippen LogP contribution in [0.15, 0.2) is 0 Å². The zero-order valence-electron chi connectivity index (χ0n) is 7.98. The highest BCUT2D eigenvalue weighted by atomic mass is 15.4. The van der Waals surface area contributed by atoms with Crippen LogP contribution in [0.1, 0.15) is 26.7 Å². The molecule has 0 aliphatic carbocycles. The molecule has 3 nitrogen and oxygen atoms in total. The van der Waals surface area contributed by atoms with Gasteiger partial charge in [0.15, 0.2) is 0 Å². The molecule has 68 valence electrons. The molecule has 0 bridgehead atoms. The van der Waals surface area contributed by atoms with Gasteiger partial charge in [-0.25, -0.2) is 5.43 Å². The van der Waals surface area contributed by atoms with Crippen LogP contribution in [-0.2, 0) is 0 Å². The third-order valence-corrected chi connectivity index (χ3v) is 1.75. The molecule has 0 aliphatic rings. The highest BCUT2D eigenvalue weighted by Crippen LogP contribution is 1.91. The Bertz CT molecular complexity index is 67.7. The van der Waals surface area contributed by atoms with Gasteiger partial charge >= 0.3 is 0 Å². The van der Waals surface area contributed by atoms with Gasteiger partial charge in [-0.2, -0.15) is 0 Å². The number of hydrogen-bond acceptors (Lipinski definition) is 3. The monoisotopic (exact) mass is 159 g/mol. The van der Waals surface area contributed by atoms with Crippen molar-refractivity contribution in [3.05, 3.63) is 0 Å². The quantitative estimate of drug-likeness (QED) is 0.425. The standard InChI is InChI=1S/C8H21N3/c1-4-6-7-11(5-2)8-10-9-3/h9-10H,4-8H2,1-3H3. The number of unbranched alkanes of at least 4 members (excludes halogenated alkanes) is 1. The first kappa shape index (κ1) is 10.9. The maximum atomic E-state index is 3.08. The van der Waals surface area contributed by atoms with E-state index in [2.05, 4.69) is 29.6 Å². The van der Waals surface area contributed by atoms with E-state index in [1.807, 2.05) is 7.05 Å². The third kappa shape index (κ3) is 6.28. The molecule has 0 atom stereocenters. The summed E-state index contributed by atoms with van der Waals surface area (Å²) in [5, 5.41) is 0. The highest BCUT2D eigenvalue weighted by molar-refractivity contribution is 4.51. The smallest absolute Gasteiger partial charge is 0.0614 e. The summed E-state index contributed by atoms with van der Waals surface area (Å²) in [6.45, 7) is 7.66. The lowest BCUT2D eigenvalue weighted by Gasteiger charge is -2.19. The summed E-state index contributed by atoms with van der Waals surface area (Å²) in [5.74, 6) is 0. The van der Waals surface area contributed by atoms with Gasteiger partial charge in [0.2, 0.25) is 0 Å². The third-order valence-electron chi connectivity index (χ3n) is 1.75. The van der Waals surface area contributed by atoms with Crippen molar-refractivity contribution < 1.29 is 0 Å². The van der Waals surface area contributed by atoms with Crippen molar-refractivity contribution in [2.75, 3.05) is 26.8 Å². The van der Waals surface area contributed by atoms with Crippen LogP contribution in [-0.4, -0.2) is 31.7 Å². The predicted molar refractivity (Wildman–Crippen MR) is 49.2 cm³/mol. The van der Waals surface area contributed by atoms with Crippen molar-refractivity contribution in [3.8, 4) is 0 Å². The maximum absolute atomic E-state index is 3.08. The van der Waals surface area contributed by atoms with Crippen LogP contribution in [0.5, 0.6) is 0 Å². The average Bonchev–Trinajstić information content (AvgIpc) is 2.05. The highest BCUT2D eigenvalue weighted by Gasteiger charge is 1.98. The molecule has 0 saturated carbocycles. The lowest BCUT2D eigenvalue weighted by molar-refractivity contribution is 0.250. The molecule has 3 heteroatoms. The van der Waals surface area contributed by atoms with Crippen LogP contribution in [0.3, 0.4) is 0 Å². The van der Waals surface area contributed by atoms with Gasteiger partial charge in [0.25, 0.3) is 0 Å². The predicted octanol–water partition coefficient (Wildman–Crippen LogP) is 0.790. The van der Waals surface area contributed by atoms with Gasteiger partial charge in [-0.05, 0) is 26.6 Å². The maximum Gasteiger partial charge on any atom is 0.0614 e. The van der Waals surface area contributed by atoms with E-state index in [1.54, 1.807) is 0 Å². The summed E-state index contributed by atoms with van der Waals surface area (Å²) in [7, 11) is 1.90. The van der Waals surface area contributed by atoms with Crippen molar-refractivity contribution in [3.63, 3.8) is 0 Å². The van der Waals surface area contributed by atoms with Crippen molar-refractivity contribution in [2.45, 2.75) is 26.7 Å². The SMILES string of the molecule is CCCCN(CC)CNNC. The summed E-state index contributed by atoms with van der Waals surface area (Å²) in [4.78, 5) is 2.38. The van der Waals surface area contributed by atoms with Gasteiger partial charge in [0.1, 0.15) is 0 Å². The molecular weight excluding hydrogens is 138 g/mol. The Morgan fingerprint density at radius 3 is 2.45 bits per heavy atom. The van der Waals surface area contributed by atoms with Crippen molar-refractivity contribution in [2.24, 2.45) is 0 Å². The minimum atomic E-state index is 0.938. The fourth-order valence-electron chi connectivity index (χ4n) is 0.922. The molecule has 0 heterocycles. The summed E-state index contributed by atoms with van der Waals surface area (Å²) in [5.41, 5.74) is 6.00. The first-order chi connectivity index (χ1) is 5.35. The molecule has 0 unspecified atom stereocenters. The largest absolute Gasteiger partial charge is 0.290 e.